The Hall–Kier alpha value is -1.99. The van der Waals surface area contributed by atoms with Crippen molar-refractivity contribution >= 4 is 29.4 Å². The van der Waals surface area contributed by atoms with Crippen LogP contribution >= 0.6 is 11.6 Å². The van der Waals surface area contributed by atoms with Gasteiger partial charge in [0.25, 0.3) is 0 Å². The van der Waals surface area contributed by atoms with E-state index < -0.39 is 17.7 Å². The maximum atomic E-state index is 11.8. The normalized spacial score (nSPS) is 12.3. The molecule has 0 aliphatic heterocycles. The van der Waals surface area contributed by atoms with Gasteiger partial charge in [0, 0.05) is 25.9 Å². The Morgan fingerprint density at radius 3 is 2.44 bits per heavy atom. The standard InChI is InChI=1S/C19H29ClN2O5/c1-13(10-21-18(24)27-19(2,3)4)11-22(12-25-5)14-7-8-15(16(20)9-14)17(23)26-6/h7-9,13H,10-12H2,1-6H3,(H,21,24)/t13-/m0/s1. The molecule has 1 aromatic carbocycles. The van der Waals surface area contributed by atoms with Gasteiger partial charge in [0.2, 0.25) is 0 Å². The largest absolute Gasteiger partial charge is 0.465 e. The lowest BCUT2D eigenvalue weighted by Gasteiger charge is -2.28. The average Bonchev–Trinajstić information content (AvgIpc) is 2.57. The summed E-state index contributed by atoms with van der Waals surface area (Å²) in [6, 6.07) is 5.10. The first-order valence-electron chi connectivity index (χ1n) is 8.66. The summed E-state index contributed by atoms with van der Waals surface area (Å²) < 4.78 is 15.2. The minimum Gasteiger partial charge on any atom is -0.465 e. The number of amides is 1. The Labute approximate surface area is 165 Å². The molecular formula is C19H29ClN2O5. The number of anilines is 1. The lowest BCUT2D eigenvalue weighted by atomic mass is 10.1. The number of carbonyl (C=O) groups is 2. The first-order chi connectivity index (χ1) is 12.6. The van der Waals surface area contributed by atoms with Gasteiger partial charge in [-0.2, -0.15) is 0 Å². The van der Waals surface area contributed by atoms with Crippen LogP contribution in [0.15, 0.2) is 18.2 Å². The molecule has 0 saturated carbocycles. The summed E-state index contributed by atoms with van der Waals surface area (Å²) >= 11 is 6.21. The van der Waals surface area contributed by atoms with Crippen LogP contribution in [0.2, 0.25) is 5.02 Å². The smallest absolute Gasteiger partial charge is 0.407 e. The number of hydrogen-bond donors (Lipinski definition) is 1. The van der Waals surface area contributed by atoms with E-state index in [9.17, 15) is 9.59 Å². The summed E-state index contributed by atoms with van der Waals surface area (Å²) in [5.74, 6) is -0.369. The predicted octanol–water partition coefficient (Wildman–Crippen LogP) is 3.70. The Kier molecular flexibility index (Phi) is 8.85. The molecule has 8 heteroatoms. The van der Waals surface area contributed by atoms with Crippen LogP contribution in [0, 0.1) is 5.92 Å². The molecule has 1 amide bonds. The summed E-state index contributed by atoms with van der Waals surface area (Å²) in [4.78, 5) is 25.4. The van der Waals surface area contributed by atoms with Crippen LogP contribution in [0.4, 0.5) is 10.5 Å². The fourth-order valence-corrected chi connectivity index (χ4v) is 2.63. The molecule has 27 heavy (non-hydrogen) atoms. The fourth-order valence-electron chi connectivity index (χ4n) is 2.38. The van der Waals surface area contributed by atoms with Gasteiger partial charge in [-0.1, -0.05) is 18.5 Å². The van der Waals surface area contributed by atoms with Gasteiger partial charge in [-0.25, -0.2) is 9.59 Å². The van der Waals surface area contributed by atoms with Crippen molar-refractivity contribution < 1.29 is 23.8 Å². The van der Waals surface area contributed by atoms with Crippen molar-refractivity contribution in [1.82, 2.24) is 5.32 Å². The van der Waals surface area contributed by atoms with E-state index in [1.165, 1.54) is 7.11 Å². The van der Waals surface area contributed by atoms with Gasteiger partial charge in [-0.3, -0.25) is 0 Å². The second-order valence-electron chi connectivity index (χ2n) is 7.28. The third kappa shape index (κ3) is 8.05. The molecule has 0 bridgehead atoms. The molecule has 1 aromatic rings. The topological polar surface area (TPSA) is 77.1 Å². The van der Waals surface area contributed by atoms with Crippen LogP contribution in [-0.4, -0.2) is 51.7 Å². The molecule has 0 heterocycles. The van der Waals surface area contributed by atoms with E-state index in [0.29, 0.717) is 30.4 Å². The van der Waals surface area contributed by atoms with Crippen molar-refractivity contribution in [3.05, 3.63) is 28.8 Å². The monoisotopic (exact) mass is 400 g/mol. The maximum absolute atomic E-state index is 11.8. The zero-order chi connectivity index (χ0) is 20.6. The van der Waals surface area contributed by atoms with Crippen LogP contribution in [0.25, 0.3) is 0 Å². The molecule has 0 aliphatic rings. The van der Waals surface area contributed by atoms with E-state index in [-0.39, 0.29) is 5.92 Å². The number of halogens is 1. The zero-order valence-electron chi connectivity index (χ0n) is 16.8. The molecule has 7 nitrogen and oxygen atoms in total. The molecule has 1 atom stereocenters. The molecule has 0 aromatic heterocycles. The molecule has 0 saturated heterocycles. The second kappa shape index (κ2) is 10.4. The van der Waals surface area contributed by atoms with Crippen molar-refractivity contribution in [3.63, 3.8) is 0 Å². The van der Waals surface area contributed by atoms with Crippen LogP contribution in [0.5, 0.6) is 0 Å². The highest BCUT2D eigenvalue weighted by Crippen LogP contribution is 2.25. The second-order valence-corrected chi connectivity index (χ2v) is 7.69. The third-order valence-electron chi connectivity index (χ3n) is 3.53. The number of hydrogen-bond acceptors (Lipinski definition) is 6. The quantitative estimate of drug-likeness (QED) is 0.529. The van der Waals surface area contributed by atoms with E-state index in [2.05, 4.69) is 5.32 Å². The van der Waals surface area contributed by atoms with Crippen molar-refractivity contribution in [3.8, 4) is 0 Å². The Morgan fingerprint density at radius 2 is 1.93 bits per heavy atom. The highest BCUT2D eigenvalue weighted by atomic mass is 35.5. The zero-order valence-corrected chi connectivity index (χ0v) is 17.6. The minimum absolute atomic E-state index is 0.117. The van der Waals surface area contributed by atoms with Gasteiger partial charge in [-0.05, 0) is 44.9 Å². The Morgan fingerprint density at radius 1 is 1.26 bits per heavy atom. The lowest BCUT2D eigenvalue weighted by Crippen LogP contribution is -2.38. The van der Waals surface area contributed by atoms with Crippen molar-refractivity contribution in [2.45, 2.75) is 33.3 Å². The third-order valence-corrected chi connectivity index (χ3v) is 3.85. The molecule has 0 fully saturated rings. The van der Waals surface area contributed by atoms with Crippen LogP contribution in [0.1, 0.15) is 38.1 Å². The summed E-state index contributed by atoms with van der Waals surface area (Å²) in [5, 5.41) is 3.07. The lowest BCUT2D eigenvalue weighted by molar-refractivity contribution is 0.0519. The van der Waals surface area contributed by atoms with E-state index >= 15 is 0 Å². The van der Waals surface area contributed by atoms with E-state index in [1.54, 1.807) is 25.3 Å². The van der Waals surface area contributed by atoms with Gasteiger partial charge in [0.1, 0.15) is 12.3 Å². The summed E-state index contributed by atoms with van der Waals surface area (Å²) in [6.07, 6.45) is -0.446. The van der Waals surface area contributed by atoms with Crippen LogP contribution in [-0.2, 0) is 14.2 Å². The summed E-state index contributed by atoms with van der Waals surface area (Å²) in [5.41, 5.74) is 0.576. The number of nitrogens with one attached hydrogen (secondary N) is 1. The SMILES string of the molecule is COCN(C[C@@H](C)CNC(=O)OC(C)(C)C)c1ccc(C(=O)OC)c(Cl)c1. The number of nitrogens with zero attached hydrogens (tertiary/aromatic N) is 1. The Bertz CT molecular complexity index is 645. The number of alkyl carbamates (subject to hydrolysis) is 1. The number of esters is 1. The van der Waals surface area contributed by atoms with E-state index in [4.69, 9.17) is 25.8 Å². The van der Waals surface area contributed by atoms with Gasteiger partial charge in [-0.15, -0.1) is 0 Å². The minimum atomic E-state index is -0.534. The number of methoxy groups -OCH3 is 2. The van der Waals surface area contributed by atoms with Crippen molar-refractivity contribution in [2.75, 3.05) is 38.9 Å². The van der Waals surface area contributed by atoms with Gasteiger partial charge >= 0.3 is 12.1 Å². The highest BCUT2D eigenvalue weighted by Gasteiger charge is 2.18. The first-order valence-corrected chi connectivity index (χ1v) is 9.03. The van der Waals surface area contributed by atoms with Gasteiger partial charge < -0.3 is 24.4 Å². The number of rotatable bonds is 8. The molecule has 1 rings (SSSR count). The molecular weight excluding hydrogens is 372 g/mol. The van der Waals surface area contributed by atoms with Crippen LogP contribution < -0.4 is 10.2 Å². The molecule has 0 radical (unpaired) electrons. The van der Waals surface area contributed by atoms with E-state index in [0.717, 1.165) is 5.69 Å². The van der Waals surface area contributed by atoms with Gasteiger partial charge in [0.05, 0.1) is 17.7 Å². The molecule has 1 N–H and O–H groups in total. The van der Waals surface area contributed by atoms with Crippen LogP contribution in [0.3, 0.4) is 0 Å². The van der Waals surface area contributed by atoms with Crippen molar-refractivity contribution in [2.24, 2.45) is 5.92 Å². The Balaban J connectivity index is 2.74. The van der Waals surface area contributed by atoms with Crippen molar-refractivity contribution in [1.29, 1.82) is 0 Å². The molecule has 152 valence electrons. The van der Waals surface area contributed by atoms with Gasteiger partial charge in [0.15, 0.2) is 0 Å². The number of benzene rings is 1. The maximum Gasteiger partial charge on any atom is 0.407 e. The number of ether oxygens (including phenoxy) is 3. The summed E-state index contributed by atoms with van der Waals surface area (Å²) in [7, 11) is 2.91. The summed E-state index contributed by atoms with van der Waals surface area (Å²) in [6.45, 7) is 8.85. The average molecular weight is 401 g/mol. The molecule has 0 spiro atoms. The fraction of sp³-hybridized carbons (Fsp3) is 0.579. The number of carbonyl (C=O) groups excluding carboxylic acids is 2. The van der Waals surface area contributed by atoms with E-state index in [1.807, 2.05) is 32.6 Å². The first kappa shape index (κ1) is 23.0. The molecule has 0 aliphatic carbocycles. The highest BCUT2D eigenvalue weighted by molar-refractivity contribution is 6.33. The molecule has 0 unspecified atom stereocenters. The predicted molar refractivity (Wildman–Crippen MR) is 105 cm³/mol.